The van der Waals surface area contributed by atoms with Crippen LogP contribution in [0.1, 0.15) is 29.1 Å². The molecule has 0 spiro atoms. The topological polar surface area (TPSA) is 17.3 Å². The van der Waals surface area contributed by atoms with Gasteiger partial charge in [-0.15, -0.1) is 0 Å². The molecule has 3 aromatic heterocycles. The predicted octanol–water partition coefficient (Wildman–Crippen LogP) is 7.49. The molecule has 0 bridgehead atoms. The quantitative estimate of drug-likeness (QED) is 0.299. The van der Waals surface area contributed by atoms with Crippen LogP contribution in [0.15, 0.2) is 79.0 Å². The Labute approximate surface area is 178 Å². The summed E-state index contributed by atoms with van der Waals surface area (Å²) >= 11 is 0. The van der Waals surface area contributed by atoms with Gasteiger partial charge in [0.15, 0.2) is 0 Å². The maximum absolute atomic E-state index is 8.73. The lowest BCUT2D eigenvalue weighted by molar-refractivity contribution is 0.411. The number of fused-ring (bicyclic) bond motifs is 6. The summed E-state index contributed by atoms with van der Waals surface area (Å²) in [5.74, 6) is 0. The molecule has 30 heavy (non-hydrogen) atoms. The van der Waals surface area contributed by atoms with E-state index in [1.54, 1.807) is 12.3 Å². The van der Waals surface area contributed by atoms with E-state index in [0.29, 0.717) is 5.56 Å². The van der Waals surface area contributed by atoms with Gasteiger partial charge in [-0.05, 0) is 41.6 Å². The van der Waals surface area contributed by atoms with Crippen molar-refractivity contribution in [2.24, 2.45) is 5.41 Å². The molecule has 2 heteroatoms. The number of benzene rings is 3. The van der Waals surface area contributed by atoms with Crippen molar-refractivity contribution < 1.29 is 2.74 Å². The van der Waals surface area contributed by atoms with Crippen molar-refractivity contribution in [2.45, 2.75) is 27.1 Å². The first-order valence-electron chi connectivity index (χ1n) is 11.4. The molecular formula is C28H24N2. The highest BCUT2D eigenvalue weighted by Gasteiger charge is 2.20. The van der Waals surface area contributed by atoms with E-state index in [-0.39, 0.29) is 0 Å². The minimum atomic E-state index is -1.47. The molecular weight excluding hydrogens is 364 g/mol. The van der Waals surface area contributed by atoms with E-state index in [0.717, 1.165) is 16.8 Å². The summed E-state index contributed by atoms with van der Waals surface area (Å²) in [6, 6.07) is 25.1. The summed E-state index contributed by atoms with van der Waals surface area (Å²) in [5.41, 5.74) is 5.57. The molecule has 0 atom stereocenters. The summed E-state index contributed by atoms with van der Waals surface area (Å²) in [7, 11) is 0. The molecule has 2 nitrogen and oxygen atoms in total. The Kier molecular flexibility index (Phi) is 3.12. The van der Waals surface area contributed by atoms with Gasteiger partial charge in [0.2, 0.25) is 0 Å². The molecule has 0 saturated heterocycles. The van der Waals surface area contributed by atoms with E-state index < -0.39 is 11.8 Å². The first-order chi connectivity index (χ1) is 15.3. The molecule has 3 heterocycles. The lowest BCUT2D eigenvalue weighted by atomic mass is 9.88. The molecule has 0 N–H and O–H groups in total. The van der Waals surface area contributed by atoms with E-state index >= 15 is 0 Å². The van der Waals surface area contributed by atoms with E-state index in [4.69, 9.17) is 2.74 Å². The minimum absolute atomic E-state index is 0.521. The number of rotatable bonds is 2. The monoisotopic (exact) mass is 390 g/mol. The number of nitrogens with zero attached hydrogens (tertiary/aromatic N) is 2. The van der Waals surface area contributed by atoms with Gasteiger partial charge in [0.05, 0.1) is 22.2 Å². The fourth-order valence-corrected chi connectivity index (χ4v) is 4.78. The molecule has 6 rings (SSSR count). The molecule has 3 aromatic carbocycles. The van der Waals surface area contributed by atoms with Crippen LogP contribution in [0.5, 0.6) is 0 Å². The van der Waals surface area contributed by atoms with Gasteiger partial charge >= 0.3 is 0 Å². The Morgan fingerprint density at radius 3 is 2.43 bits per heavy atom. The van der Waals surface area contributed by atoms with Gasteiger partial charge in [-0.3, -0.25) is 4.98 Å². The molecule has 6 aromatic rings. The fraction of sp³-hybridized carbons (Fsp3) is 0.179. The van der Waals surface area contributed by atoms with Gasteiger partial charge in [-0.2, -0.15) is 0 Å². The highest BCUT2D eigenvalue weighted by atomic mass is 14.9. The third-order valence-electron chi connectivity index (χ3n) is 5.80. The van der Waals surface area contributed by atoms with Gasteiger partial charge < -0.3 is 4.40 Å². The summed E-state index contributed by atoms with van der Waals surface area (Å²) in [6.45, 7) is 5.81. The SMILES string of the molecule is [2H]C([2H])(c1ccnc(-c2cccc3c2c2cccc4c5ccccc5n3c42)c1)C(C)(C)C. The Morgan fingerprint density at radius 2 is 1.57 bits per heavy atom. The summed E-state index contributed by atoms with van der Waals surface area (Å²) in [4.78, 5) is 4.68. The van der Waals surface area contributed by atoms with Crippen molar-refractivity contribution in [3.8, 4) is 11.3 Å². The predicted molar refractivity (Wildman–Crippen MR) is 127 cm³/mol. The number of para-hydroxylation sites is 2. The summed E-state index contributed by atoms with van der Waals surface area (Å²) in [6.07, 6.45) is 0.267. The van der Waals surface area contributed by atoms with Crippen molar-refractivity contribution in [1.82, 2.24) is 9.38 Å². The second kappa shape index (κ2) is 6.06. The van der Waals surface area contributed by atoms with Crippen LogP contribution < -0.4 is 0 Å². The van der Waals surface area contributed by atoms with Crippen LogP contribution in [0, 0.1) is 5.41 Å². The first kappa shape index (κ1) is 15.4. The molecule has 0 aliphatic carbocycles. The average molecular weight is 391 g/mol. The van der Waals surface area contributed by atoms with Crippen molar-refractivity contribution in [1.29, 1.82) is 0 Å². The van der Waals surface area contributed by atoms with Crippen molar-refractivity contribution in [3.05, 3.63) is 84.6 Å². The Hall–Kier alpha value is -3.39. The lowest BCUT2D eigenvalue weighted by Crippen LogP contribution is -2.09. The van der Waals surface area contributed by atoms with E-state index in [9.17, 15) is 0 Å². The lowest BCUT2D eigenvalue weighted by Gasteiger charge is -2.18. The minimum Gasteiger partial charge on any atom is -0.308 e. The number of aromatic nitrogens is 2. The Balaban J connectivity index is 1.70. The molecule has 0 aliphatic heterocycles. The van der Waals surface area contributed by atoms with E-state index in [1.807, 2.05) is 26.8 Å². The number of hydrogen-bond acceptors (Lipinski definition) is 1. The maximum atomic E-state index is 8.73. The zero-order chi connectivity index (χ0) is 22.3. The van der Waals surface area contributed by atoms with Crippen molar-refractivity contribution in [2.75, 3.05) is 0 Å². The summed E-state index contributed by atoms with van der Waals surface area (Å²) in [5, 5.41) is 4.89. The molecule has 0 radical (unpaired) electrons. The third-order valence-corrected chi connectivity index (χ3v) is 5.80. The van der Waals surface area contributed by atoms with Crippen LogP contribution in [-0.4, -0.2) is 9.38 Å². The van der Waals surface area contributed by atoms with Gasteiger partial charge in [-0.1, -0.05) is 69.3 Å². The largest absolute Gasteiger partial charge is 0.308 e. The highest BCUT2D eigenvalue weighted by Crippen LogP contribution is 2.42. The van der Waals surface area contributed by atoms with Gasteiger partial charge in [-0.25, -0.2) is 0 Å². The second-order valence-electron chi connectivity index (χ2n) is 9.06. The van der Waals surface area contributed by atoms with Crippen LogP contribution in [0.25, 0.3) is 49.4 Å². The second-order valence-corrected chi connectivity index (χ2v) is 9.06. The Bertz CT molecular complexity index is 1640. The van der Waals surface area contributed by atoms with E-state index in [2.05, 4.69) is 70.0 Å². The molecule has 0 unspecified atom stereocenters. The van der Waals surface area contributed by atoms with Gasteiger partial charge in [0, 0.05) is 36.0 Å². The number of hydrogen-bond donors (Lipinski definition) is 0. The van der Waals surface area contributed by atoms with Crippen LogP contribution in [-0.2, 0) is 6.37 Å². The summed E-state index contributed by atoms with van der Waals surface area (Å²) < 4.78 is 19.8. The van der Waals surface area contributed by atoms with Crippen LogP contribution in [0.3, 0.4) is 0 Å². The van der Waals surface area contributed by atoms with Gasteiger partial charge in [0.1, 0.15) is 0 Å². The van der Waals surface area contributed by atoms with E-state index in [1.165, 1.54) is 32.6 Å². The van der Waals surface area contributed by atoms with Crippen LogP contribution in [0.4, 0.5) is 0 Å². The van der Waals surface area contributed by atoms with Gasteiger partial charge in [0.25, 0.3) is 0 Å². The molecule has 0 fully saturated rings. The third kappa shape index (κ3) is 2.46. The average Bonchev–Trinajstić information content (AvgIpc) is 3.30. The zero-order valence-corrected chi connectivity index (χ0v) is 17.4. The molecule has 0 amide bonds. The molecule has 0 saturated carbocycles. The fourth-order valence-electron chi connectivity index (χ4n) is 4.78. The molecule has 146 valence electrons. The molecule has 0 aliphatic rings. The Morgan fingerprint density at radius 1 is 0.833 bits per heavy atom. The normalized spacial score (nSPS) is 14.1. The standard InChI is InChI=1S/C28H24N2/c1-28(2,3)17-18-14-15-29-23(16-18)21-10-7-13-25-26(21)22-11-6-9-20-19-8-4-5-12-24(19)30(25)27(20)22/h4-16H,17H2,1-3H3/i17D2. The zero-order valence-electron chi connectivity index (χ0n) is 19.4. The van der Waals surface area contributed by atoms with Crippen LogP contribution >= 0.6 is 0 Å². The maximum Gasteiger partial charge on any atom is 0.0711 e. The van der Waals surface area contributed by atoms with Crippen molar-refractivity contribution in [3.63, 3.8) is 0 Å². The first-order valence-corrected chi connectivity index (χ1v) is 10.4. The number of pyridine rings is 1. The van der Waals surface area contributed by atoms with Crippen molar-refractivity contribution >= 4 is 38.1 Å². The van der Waals surface area contributed by atoms with Crippen LogP contribution in [0.2, 0.25) is 0 Å². The smallest absolute Gasteiger partial charge is 0.0711 e. The highest BCUT2D eigenvalue weighted by molar-refractivity contribution is 6.25.